The number of rotatable bonds is 10. The van der Waals surface area contributed by atoms with E-state index in [0.29, 0.717) is 27.7 Å². The molecule has 0 aliphatic heterocycles. The van der Waals surface area contributed by atoms with Gasteiger partial charge >= 0.3 is 0 Å². The molecule has 0 saturated carbocycles. The molecule has 0 fully saturated rings. The molecule has 0 aliphatic rings. The smallest absolute Gasteiger partial charge is 0.203 e. The van der Waals surface area contributed by atoms with Gasteiger partial charge in [-0.3, -0.25) is 4.79 Å². The third-order valence-electron chi connectivity index (χ3n) is 4.95. The Morgan fingerprint density at radius 3 is 2.41 bits per heavy atom. The van der Waals surface area contributed by atoms with Crippen molar-refractivity contribution in [3.63, 3.8) is 0 Å². The molecule has 1 heterocycles. The summed E-state index contributed by atoms with van der Waals surface area (Å²) in [6, 6.07) is 9.25. The Morgan fingerprint density at radius 2 is 1.81 bits per heavy atom. The first-order valence-corrected chi connectivity index (χ1v) is 11.0. The van der Waals surface area contributed by atoms with Crippen LogP contribution < -0.4 is 14.2 Å². The first-order chi connectivity index (χ1) is 15.4. The van der Waals surface area contributed by atoms with Crippen molar-refractivity contribution in [2.45, 2.75) is 13.0 Å². The molecule has 3 N–H and O–H groups in total. The van der Waals surface area contributed by atoms with Crippen LogP contribution in [0.1, 0.15) is 21.5 Å². The number of thioether (sulfide) groups is 1. The number of hydrogen-bond donors (Lipinski definition) is 3. The summed E-state index contributed by atoms with van der Waals surface area (Å²) in [4.78, 5) is 17.1. The minimum Gasteiger partial charge on any atom is -0.493 e. The summed E-state index contributed by atoms with van der Waals surface area (Å²) in [6.45, 7) is 1.62. The van der Waals surface area contributed by atoms with Crippen molar-refractivity contribution < 1.29 is 29.2 Å². The number of Topliss-reactive ketones (excluding diaryl/α,β-unsaturated/α-hetero) is 1. The molecular formula is C24H27NO6S. The zero-order chi connectivity index (χ0) is 23.3. The van der Waals surface area contributed by atoms with E-state index in [-0.39, 0.29) is 18.1 Å². The Hall–Kier alpha value is -2.94. The summed E-state index contributed by atoms with van der Waals surface area (Å²) in [5.41, 5.74) is 3.27. The lowest BCUT2D eigenvalue weighted by molar-refractivity contribution is 0.104. The van der Waals surface area contributed by atoms with Gasteiger partial charge in [0.1, 0.15) is 0 Å². The summed E-state index contributed by atoms with van der Waals surface area (Å²) >= 11 is 1.18. The topological polar surface area (TPSA) is 101 Å². The monoisotopic (exact) mass is 457 g/mol. The molecule has 2 aromatic carbocycles. The van der Waals surface area contributed by atoms with E-state index in [2.05, 4.69) is 4.98 Å². The third kappa shape index (κ3) is 5.09. The average Bonchev–Trinajstić information content (AvgIpc) is 3.21. The van der Waals surface area contributed by atoms with Gasteiger partial charge in [-0.15, -0.1) is 11.8 Å². The number of carbonyl (C=O) groups excluding carboxylic acids is 1. The number of aryl methyl sites for hydroxylation is 1. The minimum atomic E-state index is -0.943. The predicted molar refractivity (Wildman–Crippen MR) is 127 cm³/mol. The standard InChI is InChI=1S/C24H27NO6S/c1-14-5-6-19-18(7-14)16(11-25-19)10-22(32-13-17(27)12-26)23(28)15-8-20(29-2)24(31-4)21(9-15)30-3/h5-11,17,25-27H,12-13H2,1-4H3/b22-10-. The summed E-state index contributed by atoms with van der Waals surface area (Å²) in [7, 11) is 4.48. The first-order valence-electron chi connectivity index (χ1n) is 9.97. The second kappa shape index (κ2) is 10.6. The largest absolute Gasteiger partial charge is 0.493 e. The quantitative estimate of drug-likeness (QED) is 0.314. The molecule has 3 aromatic rings. The average molecular weight is 458 g/mol. The molecule has 32 heavy (non-hydrogen) atoms. The number of H-pyrrole nitrogens is 1. The van der Waals surface area contributed by atoms with Crippen LogP contribution in [0.4, 0.5) is 0 Å². The van der Waals surface area contributed by atoms with Crippen LogP contribution in [0.5, 0.6) is 17.2 Å². The number of carbonyl (C=O) groups is 1. The lowest BCUT2D eigenvalue weighted by Gasteiger charge is -2.15. The van der Waals surface area contributed by atoms with Crippen LogP contribution >= 0.6 is 11.8 Å². The zero-order valence-corrected chi connectivity index (χ0v) is 19.3. The Morgan fingerprint density at radius 1 is 1.12 bits per heavy atom. The van der Waals surface area contributed by atoms with E-state index in [9.17, 15) is 15.0 Å². The molecule has 1 atom stereocenters. The molecule has 0 bridgehead atoms. The molecule has 0 aliphatic carbocycles. The highest BCUT2D eigenvalue weighted by molar-refractivity contribution is 8.04. The SMILES string of the molecule is COc1cc(C(=O)/C(=C/c2c[nH]c3ccc(C)cc23)SCC(O)CO)cc(OC)c1OC. The number of benzene rings is 2. The summed E-state index contributed by atoms with van der Waals surface area (Å²) in [5, 5.41) is 20.0. The lowest BCUT2D eigenvalue weighted by Crippen LogP contribution is -2.16. The van der Waals surface area contributed by atoms with Crippen LogP contribution in [-0.2, 0) is 0 Å². The molecule has 0 radical (unpaired) electrons. The van der Waals surface area contributed by atoms with E-state index in [1.54, 1.807) is 18.2 Å². The number of aliphatic hydroxyl groups is 2. The highest BCUT2D eigenvalue weighted by atomic mass is 32.2. The summed E-state index contributed by atoms with van der Waals surface area (Å²) < 4.78 is 16.1. The highest BCUT2D eigenvalue weighted by Crippen LogP contribution is 2.39. The molecule has 0 amide bonds. The van der Waals surface area contributed by atoms with E-state index in [0.717, 1.165) is 22.0 Å². The maximum Gasteiger partial charge on any atom is 0.203 e. The zero-order valence-electron chi connectivity index (χ0n) is 18.5. The van der Waals surface area contributed by atoms with Crippen molar-refractivity contribution in [3.8, 4) is 17.2 Å². The molecular weight excluding hydrogens is 430 g/mol. The fourth-order valence-corrected chi connectivity index (χ4v) is 4.22. The number of methoxy groups -OCH3 is 3. The fraction of sp³-hybridized carbons (Fsp3) is 0.292. The normalized spacial score (nSPS) is 12.6. The minimum absolute atomic E-state index is 0.167. The van der Waals surface area contributed by atoms with Gasteiger partial charge in [0.25, 0.3) is 0 Å². The molecule has 1 aromatic heterocycles. The van der Waals surface area contributed by atoms with Crippen molar-refractivity contribution in [2.75, 3.05) is 33.7 Å². The number of fused-ring (bicyclic) bond motifs is 1. The van der Waals surface area contributed by atoms with Gasteiger partial charge in [0.05, 0.1) is 38.9 Å². The van der Waals surface area contributed by atoms with Gasteiger partial charge in [0, 0.05) is 34.0 Å². The van der Waals surface area contributed by atoms with Gasteiger partial charge < -0.3 is 29.4 Å². The number of aliphatic hydroxyl groups excluding tert-OH is 2. The maximum atomic E-state index is 13.5. The Balaban J connectivity index is 2.08. The third-order valence-corrected chi connectivity index (χ3v) is 6.11. The molecule has 1 unspecified atom stereocenters. The van der Waals surface area contributed by atoms with E-state index in [4.69, 9.17) is 14.2 Å². The van der Waals surface area contributed by atoms with Gasteiger partial charge in [-0.05, 0) is 37.3 Å². The van der Waals surface area contributed by atoms with Gasteiger partial charge in [-0.25, -0.2) is 0 Å². The lowest BCUT2D eigenvalue weighted by atomic mass is 10.1. The molecule has 8 heteroatoms. The number of ether oxygens (including phenoxy) is 3. The van der Waals surface area contributed by atoms with Crippen LogP contribution in [0.2, 0.25) is 0 Å². The number of aromatic amines is 1. The Kier molecular flexibility index (Phi) is 7.84. The van der Waals surface area contributed by atoms with Gasteiger partial charge in [0.15, 0.2) is 17.3 Å². The number of nitrogens with one attached hydrogen (secondary N) is 1. The predicted octanol–water partition coefficient (Wildman–Crippen LogP) is 3.81. The summed E-state index contributed by atoms with van der Waals surface area (Å²) in [6.07, 6.45) is 2.69. The van der Waals surface area contributed by atoms with E-state index >= 15 is 0 Å². The van der Waals surface area contributed by atoms with Crippen molar-refractivity contribution >= 4 is 34.5 Å². The van der Waals surface area contributed by atoms with Gasteiger partial charge in [0.2, 0.25) is 5.75 Å². The first kappa shape index (κ1) is 23.7. The number of allylic oxidation sites excluding steroid dienone is 1. The number of aromatic nitrogens is 1. The van der Waals surface area contributed by atoms with Crippen LogP contribution in [0.15, 0.2) is 41.4 Å². The maximum absolute atomic E-state index is 13.5. The van der Waals surface area contributed by atoms with Gasteiger partial charge in [-0.2, -0.15) is 0 Å². The second-order valence-electron chi connectivity index (χ2n) is 7.19. The molecule has 7 nitrogen and oxygen atoms in total. The van der Waals surface area contributed by atoms with Crippen LogP contribution in [0.25, 0.3) is 17.0 Å². The van der Waals surface area contributed by atoms with Crippen LogP contribution in [0, 0.1) is 6.92 Å². The van der Waals surface area contributed by atoms with Crippen LogP contribution in [0.3, 0.4) is 0 Å². The second-order valence-corrected chi connectivity index (χ2v) is 8.25. The van der Waals surface area contributed by atoms with Crippen molar-refractivity contribution in [1.29, 1.82) is 0 Å². The Labute approximate surface area is 191 Å². The Bertz CT molecular complexity index is 1110. The van der Waals surface area contributed by atoms with Gasteiger partial charge in [-0.1, -0.05) is 11.6 Å². The molecule has 0 saturated heterocycles. The molecule has 170 valence electrons. The fourth-order valence-electron chi connectivity index (χ4n) is 3.28. The van der Waals surface area contributed by atoms with E-state index in [1.807, 2.05) is 31.3 Å². The van der Waals surface area contributed by atoms with Crippen molar-refractivity contribution in [1.82, 2.24) is 4.98 Å². The summed E-state index contributed by atoms with van der Waals surface area (Å²) in [5.74, 6) is 1.05. The van der Waals surface area contributed by atoms with Crippen molar-refractivity contribution in [3.05, 3.63) is 58.1 Å². The number of hydrogen-bond acceptors (Lipinski definition) is 7. The van der Waals surface area contributed by atoms with E-state index in [1.165, 1.54) is 33.1 Å². The number of ketones is 1. The highest BCUT2D eigenvalue weighted by Gasteiger charge is 2.21. The molecule has 0 spiro atoms. The van der Waals surface area contributed by atoms with Crippen molar-refractivity contribution in [2.24, 2.45) is 0 Å². The van der Waals surface area contributed by atoms with Crippen LogP contribution in [-0.4, -0.2) is 60.8 Å². The van der Waals surface area contributed by atoms with E-state index < -0.39 is 6.10 Å². The molecule has 3 rings (SSSR count).